The van der Waals surface area contributed by atoms with E-state index in [1.807, 2.05) is 42.2 Å². The molecule has 3 heterocycles. The van der Waals surface area contributed by atoms with Crippen LogP contribution in [-0.2, 0) is 9.53 Å². The lowest BCUT2D eigenvalue weighted by atomic mass is 9.85. The van der Waals surface area contributed by atoms with Crippen molar-refractivity contribution >= 4 is 17.5 Å². The molecule has 0 N–H and O–H groups in total. The Kier molecular flexibility index (Phi) is 3.80. The fraction of sp³-hybridized carbons (Fsp3) is 0.389. The van der Waals surface area contributed by atoms with E-state index >= 15 is 0 Å². The Balaban J connectivity index is 1.60. The summed E-state index contributed by atoms with van der Waals surface area (Å²) in [5.74, 6) is -0.231. The highest BCUT2D eigenvalue weighted by Crippen LogP contribution is 2.36. The lowest BCUT2D eigenvalue weighted by Crippen LogP contribution is -2.68. The Morgan fingerprint density at radius 3 is 2.80 bits per heavy atom. The molecule has 1 aromatic heterocycles. The second-order valence-corrected chi connectivity index (χ2v) is 6.62. The van der Waals surface area contributed by atoms with E-state index in [0.29, 0.717) is 19.5 Å². The maximum atomic E-state index is 12.6. The molecule has 2 aliphatic rings. The van der Waals surface area contributed by atoms with Gasteiger partial charge in [-0.25, -0.2) is 0 Å². The fourth-order valence-corrected chi connectivity index (χ4v) is 3.73. The number of hydrogen-bond donors (Lipinski definition) is 0. The van der Waals surface area contributed by atoms with Crippen molar-refractivity contribution in [2.75, 3.05) is 24.6 Å². The van der Waals surface area contributed by atoms with Crippen molar-refractivity contribution in [2.24, 2.45) is 0 Å². The Labute approximate surface area is 145 Å². The molecule has 25 heavy (non-hydrogen) atoms. The number of rotatable bonds is 2. The normalized spacial score (nSPS) is 26.4. The third-order valence-corrected chi connectivity index (χ3v) is 4.97. The minimum Gasteiger partial charge on any atom is -0.364 e. The SMILES string of the molecule is C[C@@]12CN(C(=O)c3ccon3)CC[C@H]1N(c1ccccc1)C(=O)CO2. The van der Waals surface area contributed by atoms with E-state index in [1.54, 1.807) is 11.0 Å². The van der Waals surface area contributed by atoms with E-state index < -0.39 is 5.60 Å². The zero-order valence-electron chi connectivity index (χ0n) is 13.9. The first-order valence-electron chi connectivity index (χ1n) is 8.29. The number of morpholine rings is 1. The van der Waals surface area contributed by atoms with E-state index in [4.69, 9.17) is 9.26 Å². The molecule has 0 saturated carbocycles. The molecule has 0 aliphatic carbocycles. The van der Waals surface area contributed by atoms with E-state index in [0.717, 1.165) is 5.69 Å². The smallest absolute Gasteiger partial charge is 0.276 e. The molecule has 130 valence electrons. The monoisotopic (exact) mass is 341 g/mol. The number of carbonyl (C=O) groups excluding carboxylic acids is 2. The molecular weight excluding hydrogens is 322 g/mol. The highest BCUT2D eigenvalue weighted by Gasteiger charge is 2.50. The van der Waals surface area contributed by atoms with Crippen LogP contribution in [0.4, 0.5) is 5.69 Å². The van der Waals surface area contributed by atoms with E-state index in [2.05, 4.69) is 5.16 Å². The average Bonchev–Trinajstić information content (AvgIpc) is 3.16. The fourth-order valence-electron chi connectivity index (χ4n) is 3.73. The summed E-state index contributed by atoms with van der Waals surface area (Å²) < 4.78 is 10.7. The van der Waals surface area contributed by atoms with Gasteiger partial charge in [0.15, 0.2) is 5.69 Å². The van der Waals surface area contributed by atoms with Crippen LogP contribution in [0.15, 0.2) is 47.2 Å². The molecular formula is C18H19N3O4. The van der Waals surface area contributed by atoms with Crippen LogP contribution in [0.5, 0.6) is 0 Å². The van der Waals surface area contributed by atoms with Crippen molar-refractivity contribution in [3.63, 3.8) is 0 Å². The molecule has 7 nitrogen and oxygen atoms in total. The van der Waals surface area contributed by atoms with E-state index in [9.17, 15) is 9.59 Å². The zero-order chi connectivity index (χ0) is 17.4. The predicted octanol–water partition coefficient (Wildman–Crippen LogP) is 1.71. The van der Waals surface area contributed by atoms with Crippen LogP contribution in [-0.4, -0.2) is 53.2 Å². The summed E-state index contributed by atoms with van der Waals surface area (Å²) in [5, 5.41) is 3.72. The Hall–Kier alpha value is -2.67. The third kappa shape index (κ3) is 2.70. The van der Waals surface area contributed by atoms with Gasteiger partial charge in [-0.3, -0.25) is 9.59 Å². The van der Waals surface area contributed by atoms with Crippen molar-refractivity contribution in [1.82, 2.24) is 10.1 Å². The summed E-state index contributed by atoms with van der Waals surface area (Å²) in [6.07, 6.45) is 2.02. The maximum absolute atomic E-state index is 12.6. The summed E-state index contributed by atoms with van der Waals surface area (Å²) in [5.41, 5.74) is 0.527. The first-order chi connectivity index (χ1) is 12.1. The molecule has 2 amide bonds. The molecule has 0 radical (unpaired) electrons. The first-order valence-corrected chi connectivity index (χ1v) is 8.29. The van der Waals surface area contributed by atoms with Crippen molar-refractivity contribution in [2.45, 2.75) is 25.0 Å². The number of hydrogen-bond acceptors (Lipinski definition) is 5. The van der Waals surface area contributed by atoms with Gasteiger partial charge in [0.2, 0.25) is 0 Å². The Morgan fingerprint density at radius 2 is 2.08 bits per heavy atom. The van der Waals surface area contributed by atoms with Crippen LogP contribution in [0.1, 0.15) is 23.8 Å². The van der Waals surface area contributed by atoms with Gasteiger partial charge < -0.3 is 19.1 Å². The molecule has 0 bridgehead atoms. The lowest BCUT2D eigenvalue weighted by Gasteiger charge is -2.52. The van der Waals surface area contributed by atoms with Crippen LogP contribution < -0.4 is 4.90 Å². The number of fused-ring (bicyclic) bond motifs is 1. The lowest BCUT2D eigenvalue weighted by molar-refractivity contribution is -0.149. The van der Waals surface area contributed by atoms with Crippen LogP contribution in [0, 0.1) is 0 Å². The number of benzene rings is 1. The van der Waals surface area contributed by atoms with Gasteiger partial charge in [0.1, 0.15) is 18.5 Å². The van der Waals surface area contributed by atoms with Crippen molar-refractivity contribution in [1.29, 1.82) is 0 Å². The molecule has 2 aliphatic heterocycles. The van der Waals surface area contributed by atoms with Crippen molar-refractivity contribution in [3.8, 4) is 0 Å². The van der Waals surface area contributed by atoms with Crippen LogP contribution in [0.2, 0.25) is 0 Å². The molecule has 2 fully saturated rings. The minimum absolute atomic E-state index is 0.00782. The second-order valence-electron chi connectivity index (χ2n) is 6.62. The number of likely N-dealkylation sites (tertiary alicyclic amines) is 1. The van der Waals surface area contributed by atoms with Crippen LogP contribution in [0.3, 0.4) is 0 Å². The summed E-state index contributed by atoms with van der Waals surface area (Å²) in [6, 6.07) is 11.0. The standard InChI is InChI=1S/C18H19N3O4/c1-18-12-20(17(23)14-8-10-25-19-14)9-7-15(18)21(16(22)11-24-18)13-5-3-2-4-6-13/h2-6,8,10,15H,7,9,11-12H2,1H3/t15-,18-/m1/s1. The molecule has 0 spiro atoms. The van der Waals surface area contributed by atoms with Crippen molar-refractivity contribution in [3.05, 3.63) is 48.4 Å². The highest BCUT2D eigenvalue weighted by molar-refractivity contribution is 5.96. The van der Waals surface area contributed by atoms with Gasteiger partial charge in [0.05, 0.1) is 12.6 Å². The third-order valence-electron chi connectivity index (χ3n) is 4.97. The molecule has 2 saturated heterocycles. The van der Waals surface area contributed by atoms with Gasteiger partial charge in [-0.1, -0.05) is 23.4 Å². The van der Waals surface area contributed by atoms with Gasteiger partial charge in [0, 0.05) is 18.3 Å². The van der Waals surface area contributed by atoms with Gasteiger partial charge in [-0.05, 0) is 25.5 Å². The molecule has 7 heteroatoms. The Bertz CT molecular complexity index is 777. The molecule has 0 unspecified atom stereocenters. The Morgan fingerprint density at radius 1 is 1.28 bits per heavy atom. The number of aromatic nitrogens is 1. The minimum atomic E-state index is -0.624. The maximum Gasteiger partial charge on any atom is 0.276 e. The first kappa shape index (κ1) is 15.8. The number of ether oxygens (including phenoxy) is 1. The van der Waals surface area contributed by atoms with Crippen LogP contribution in [0.25, 0.3) is 0 Å². The summed E-state index contributed by atoms with van der Waals surface area (Å²) in [7, 11) is 0. The molecule has 2 atom stereocenters. The summed E-state index contributed by atoms with van der Waals surface area (Å²) >= 11 is 0. The average molecular weight is 341 g/mol. The summed E-state index contributed by atoms with van der Waals surface area (Å²) in [4.78, 5) is 28.6. The number of carbonyl (C=O) groups is 2. The predicted molar refractivity (Wildman–Crippen MR) is 89.1 cm³/mol. The van der Waals surface area contributed by atoms with Crippen LogP contribution >= 0.6 is 0 Å². The van der Waals surface area contributed by atoms with Gasteiger partial charge in [0.25, 0.3) is 11.8 Å². The number of nitrogens with zero attached hydrogens (tertiary/aromatic N) is 3. The second kappa shape index (κ2) is 6.00. The number of para-hydroxylation sites is 1. The van der Waals surface area contributed by atoms with E-state index in [1.165, 1.54) is 6.26 Å². The summed E-state index contributed by atoms with van der Waals surface area (Å²) in [6.45, 7) is 2.90. The molecule has 1 aromatic carbocycles. The number of anilines is 1. The largest absolute Gasteiger partial charge is 0.364 e. The quantitative estimate of drug-likeness (QED) is 0.831. The van der Waals surface area contributed by atoms with Gasteiger partial charge in [-0.15, -0.1) is 0 Å². The molecule has 4 rings (SSSR count). The molecule has 2 aromatic rings. The number of piperidine rings is 1. The van der Waals surface area contributed by atoms with Crippen molar-refractivity contribution < 1.29 is 18.8 Å². The number of amides is 2. The zero-order valence-corrected chi connectivity index (χ0v) is 13.9. The topological polar surface area (TPSA) is 75.9 Å². The van der Waals surface area contributed by atoms with Gasteiger partial charge in [-0.2, -0.15) is 0 Å². The highest BCUT2D eigenvalue weighted by atomic mass is 16.5. The van der Waals surface area contributed by atoms with Gasteiger partial charge >= 0.3 is 0 Å². The van der Waals surface area contributed by atoms with E-state index in [-0.39, 0.29) is 30.2 Å².